The Hall–Kier alpha value is -2.58. The topological polar surface area (TPSA) is 65.7 Å². The fourth-order valence-corrected chi connectivity index (χ4v) is 7.09. The van der Waals surface area contributed by atoms with Gasteiger partial charge in [-0.05, 0) is 48.5 Å². The van der Waals surface area contributed by atoms with Gasteiger partial charge in [0, 0.05) is 70.8 Å². The van der Waals surface area contributed by atoms with Crippen LogP contribution in [-0.2, 0) is 0 Å². The van der Waals surface area contributed by atoms with E-state index in [0.29, 0.717) is 0 Å². The molecule has 0 saturated heterocycles. The van der Waals surface area contributed by atoms with Crippen molar-refractivity contribution in [1.82, 2.24) is 24.8 Å². The quantitative estimate of drug-likeness (QED) is 0.476. The monoisotopic (exact) mass is 388 g/mol. The molecule has 0 aliphatic carbocycles. The molecule has 0 atom stereocenters. The largest absolute Gasteiger partial charge is 0.264 e. The molecule has 0 N–H and O–H groups in total. The molecule has 27 heavy (non-hydrogen) atoms. The van der Waals surface area contributed by atoms with Gasteiger partial charge in [-0.3, -0.25) is 19.9 Å². The van der Waals surface area contributed by atoms with Crippen LogP contribution in [-0.4, -0.2) is 19.9 Å². The van der Waals surface area contributed by atoms with Crippen LogP contribution in [0.4, 0.5) is 0 Å². The van der Waals surface area contributed by atoms with Crippen LogP contribution in [0.2, 0.25) is 0 Å². The zero-order valence-electron chi connectivity index (χ0n) is 14.4. The van der Waals surface area contributed by atoms with Crippen LogP contribution in [0.25, 0.3) is 0 Å². The SMILES string of the molecule is c1cncc(P([N]P(c2cccnc2)c2cccnc2)c2cccnc2)c1. The summed E-state index contributed by atoms with van der Waals surface area (Å²) in [6.45, 7) is 0. The van der Waals surface area contributed by atoms with Crippen LogP contribution in [0.5, 0.6) is 0 Å². The van der Waals surface area contributed by atoms with E-state index in [4.69, 9.17) is 4.86 Å². The number of hydrogen-bond acceptors (Lipinski definition) is 4. The zero-order valence-corrected chi connectivity index (χ0v) is 16.2. The summed E-state index contributed by atoms with van der Waals surface area (Å²) in [6.07, 6.45) is 14.7. The maximum Gasteiger partial charge on any atom is 0.0528 e. The van der Waals surface area contributed by atoms with Crippen LogP contribution in [0.15, 0.2) is 98.1 Å². The first kappa shape index (κ1) is 17.8. The third kappa shape index (κ3) is 4.40. The van der Waals surface area contributed by atoms with Crippen LogP contribution in [0.3, 0.4) is 0 Å². The molecule has 0 fully saturated rings. The van der Waals surface area contributed by atoms with Crippen molar-refractivity contribution in [3.05, 3.63) is 98.1 Å². The third-order valence-electron chi connectivity index (χ3n) is 3.74. The molecule has 0 spiro atoms. The van der Waals surface area contributed by atoms with Gasteiger partial charge in [-0.25, -0.2) is 0 Å². The predicted octanol–water partition coefficient (Wildman–Crippen LogP) is 2.27. The van der Waals surface area contributed by atoms with E-state index in [1.807, 2.05) is 49.1 Å². The Morgan fingerprint density at radius 3 is 1.00 bits per heavy atom. The summed E-state index contributed by atoms with van der Waals surface area (Å²) in [5.74, 6) is 0. The van der Waals surface area contributed by atoms with Gasteiger partial charge < -0.3 is 0 Å². The van der Waals surface area contributed by atoms with Crippen molar-refractivity contribution in [3.63, 3.8) is 0 Å². The molecule has 7 heteroatoms. The Morgan fingerprint density at radius 2 is 0.778 bits per heavy atom. The van der Waals surface area contributed by atoms with Crippen LogP contribution >= 0.6 is 16.1 Å². The molecule has 0 aliphatic heterocycles. The van der Waals surface area contributed by atoms with Crippen molar-refractivity contribution >= 4 is 37.4 Å². The second-order valence-electron chi connectivity index (χ2n) is 5.56. The van der Waals surface area contributed by atoms with Crippen molar-refractivity contribution in [1.29, 1.82) is 0 Å². The lowest BCUT2D eigenvalue weighted by Crippen LogP contribution is -2.24. The van der Waals surface area contributed by atoms with E-state index in [-0.39, 0.29) is 0 Å². The molecule has 131 valence electrons. The van der Waals surface area contributed by atoms with Crippen LogP contribution < -0.4 is 26.1 Å². The Balaban J connectivity index is 1.77. The summed E-state index contributed by atoms with van der Waals surface area (Å²) < 4.78 is 0. The minimum Gasteiger partial charge on any atom is -0.264 e. The summed E-state index contributed by atoms with van der Waals surface area (Å²) in [7, 11) is -1.93. The third-order valence-corrected chi connectivity index (χ3v) is 8.19. The zero-order chi connectivity index (χ0) is 18.3. The van der Waals surface area contributed by atoms with E-state index in [1.54, 1.807) is 24.8 Å². The maximum absolute atomic E-state index is 5.33. The average Bonchev–Trinajstić information content (AvgIpc) is 2.77. The Labute approximate surface area is 160 Å². The Kier molecular flexibility index (Phi) is 5.86. The van der Waals surface area contributed by atoms with Gasteiger partial charge in [0.2, 0.25) is 0 Å². The smallest absolute Gasteiger partial charge is 0.0528 e. The molecule has 0 bridgehead atoms. The number of pyridine rings is 4. The van der Waals surface area contributed by atoms with Crippen molar-refractivity contribution in [2.45, 2.75) is 0 Å². The molecule has 1 radical (unpaired) electrons. The highest BCUT2D eigenvalue weighted by Gasteiger charge is 2.24. The van der Waals surface area contributed by atoms with Gasteiger partial charge in [0.15, 0.2) is 0 Å². The molecule has 4 aromatic heterocycles. The van der Waals surface area contributed by atoms with Gasteiger partial charge in [-0.2, -0.15) is 4.86 Å². The molecule has 0 unspecified atom stereocenters. The number of nitrogens with zero attached hydrogens (tertiary/aromatic N) is 5. The fraction of sp³-hybridized carbons (Fsp3) is 0. The molecular weight excluding hydrogens is 372 g/mol. The van der Waals surface area contributed by atoms with E-state index in [0.717, 1.165) is 21.2 Å². The maximum atomic E-state index is 5.33. The summed E-state index contributed by atoms with van der Waals surface area (Å²) in [5.41, 5.74) is 0. The van der Waals surface area contributed by atoms with E-state index in [1.165, 1.54) is 0 Å². The average molecular weight is 388 g/mol. The Morgan fingerprint density at radius 1 is 0.481 bits per heavy atom. The lowest BCUT2D eigenvalue weighted by atomic mass is 10.5. The molecule has 4 aromatic rings. The van der Waals surface area contributed by atoms with E-state index < -0.39 is 16.1 Å². The van der Waals surface area contributed by atoms with Gasteiger partial charge in [0.05, 0.1) is 16.1 Å². The van der Waals surface area contributed by atoms with Gasteiger partial charge in [-0.1, -0.05) is 0 Å². The molecule has 0 saturated carbocycles. The first-order chi connectivity index (χ1) is 13.4. The highest BCUT2D eigenvalue weighted by molar-refractivity contribution is 7.85. The summed E-state index contributed by atoms with van der Waals surface area (Å²) in [6, 6.07) is 16.1. The minimum absolute atomic E-state index is 0.964. The van der Waals surface area contributed by atoms with Gasteiger partial charge >= 0.3 is 0 Å². The normalized spacial score (nSPS) is 11.0. The molecule has 0 aromatic carbocycles. The van der Waals surface area contributed by atoms with Gasteiger partial charge in [0.25, 0.3) is 0 Å². The van der Waals surface area contributed by atoms with Crippen molar-refractivity contribution in [3.8, 4) is 0 Å². The molecule has 5 nitrogen and oxygen atoms in total. The molecular formula is C20H16N5P2. The summed E-state index contributed by atoms with van der Waals surface area (Å²) in [4.78, 5) is 22.5. The van der Waals surface area contributed by atoms with Gasteiger partial charge in [0.1, 0.15) is 0 Å². The fourth-order valence-electron chi connectivity index (χ4n) is 2.51. The second-order valence-corrected chi connectivity index (χ2v) is 9.59. The highest BCUT2D eigenvalue weighted by atomic mass is 31.2. The predicted molar refractivity (Wildman–Crippen MR) is 111 cm³/mol. The highest BCUT2D eigenvalue weighted by Crippen LogP contribution is 2.44. The number of rotatable bonds is 6. The van der Waals surface area contributed by atoms with Crippen molar-refractivity contribution in [2.24, 2.45) is 0 Å². The van der Waals surface area contributed by atoms with E-state index in [9.17, 15) is 0 Å². The summed E-state index contributed by atoms with van der Waals surface area (Å²) in [5, 5.41) is 4.39. The van der Waals surface area contributed by atoms with Crippen LogP contribution in [0.1, 0.15) is 0 Å². The van der Waals surface area contributed by atoms with E-state index in [2.05, 4.69) is 44.2 Å². The second kappa shape index (κ2) is 8.88. The molecule has 4 heterocycles. The van der Waals surface area contributed by atoms with Crippen molar-refractivity contribution < 1.29 is 0 Å². The summed E-state index contributed by atoms with van der Waals surface area (Å²) >= 11 is 0. The first-order valence-corrected chi connectivity index (χ1v) is 10.9. The van der Waals surface area contributed by atoms with E-state index >= 15 is 0 Å². The lowest BCUT2D eigenvalue weighted by molar-refractivity contribution is 1.33. The van der Waals surface area contributed by atoms with Crippen molar-refractivity contribution in [2.75, 3.05) is 0 Å². The van der Waals surface area contributed by atoms with Gasteiger partial charge in [-0.15, -0.1) is 0 Å². The molecule has 4 rings (SSSR count). The minimum atomic E-state index is -0.964. The van der Waals surface area contributed by atoms with Crippen LogP contribution in [0, 0.1) is 0 Å². The number of aromatic nitrogens is 4. The lowest BCUT2D eigenvalue weighted by Gasteiger charge is -2.24. The number of hydrogen-bond donors (Lipinski definition) is 0. The standard InChI is InChI=1S/C20H16N5P2/c1-5-17(13-21-9-1)26(18-6-2-10-22-14-18)25-27(19-7-3-11-23-15-19)20-8-4-12-24-16-20/h1-16H. The molecule has 0 aliphatic rings. The first-order valence-electron chi connectivity index (χ1n) is 8.34. The Bertz CT molecular complexity index is 797. The molecule has 0 amide bonds.